The predicted molar refractivity (Wildman–Crippen MR) is 167 cm³/mol. The van der Waals surface area contributed by atoms with Crippen molar-refractivity contribution < 1.29 is 0 Å². The number of hydrogen-bond acceptors (Lipinski definition) is 1. The van der Waals surface area contributed by atoms with Crippen LogP contribution in [0.2, 0.25) is 0 Å². The van der Waals surface area contributed by atoms with Gasteiger partial charge in [0.2, 0.25) is 0 Å². The average molecular weight is 511 g/mol. The largest absolute Gasteiger partial charge is 0.162 e. The van der Waals surface area contributed by atoms with E-state index in [0.717, 1.165) is 0 Å². The molecule has 0 saturated carbocycles. The first-order valence-corrected chi connectivity index (χ1v) is 18.1. The van der Waals surface area contributed by atoms with Gasteiger partial charge in [-0.05, 0) is 24.3 Å². The maximum Gasteiger partial charge on any atom is -0.00675 e. The van der Waals surface area contributed by atoms with Gasteiger partial charge >= 0.3 is 0 Å². The molecule has 0 spiro atoms. The second-order valence-electron chi connectivity index (χ2n) is 11.5. The lowest BCUT2D eigenvalue weighted by atomic mass is 10.0. The Kier molecular flexibility index (Phi) is 34.7. The molecule has 0 rings (SSSR count). The van der Waals surface area contributed by atoms with Crippen molar-refractivity contribution in [3.63, 3.8) is 0 Å². The third-order valence-electron chi connectivity index (χ3n) is 7.78. The van der Waals surface area contributed by atoms with E-state index in [-0.39, 0.29) is 0 Å². The third kappa shape index (κ3) is 34.4. The van der Waals surface area contributed by atoms with Gasteiger partial charge in [0, 0.05) is 0 Å². The Bertz CT molecular complexity index is 307. The molecule has 0 aliphatic rings. The lowest BCUT2D eigenvalue weighted by molar-refractivity contribution is 0.516. The van der Waals surface area contributed by atoms with Crippen molar-refractivity contribution in [2.24, 2.45) is 0 Å². The van der Waals surface area contributed by atoms with Crippen LogP contribution in [-0.4, -0.2) is 11.5 Å². The van der Waals surface area contributed by atoms with Crippen LogP contribution in [0.15, 0.2) is 0 Å². The number of rotatable bonds is 32. The summed E-state index contributed by atoms with van der Waals surface area (Å²) in [4.78, 5) is 0. The fourth-order valence-corrected chi connectivity index (χ4v) is 6.27. The van der Waals surface area contributed by atoms with Gasteiger partial charge in [-0.2, -0.15) is 11.8 Å². The Balaban J connectivity index is 3.00. The molecule has 0 bridgehead atoms. The second-order valence-corrected chi connectivity index (χ2v) is 12.7. The maximum atomic E-state index is 2.31. The molecule has 0 nitrogen and oxygen atoms in total. The van der Waals surface area contributed by atoms with Crippen molar-refractivity contribution >= 4 is 11.8 Å². The van der Waals surface area contributed by atoms with Gasteiger partial charge in [-0.25, -0.2) is 0 Å². The zero-order chi connectivity index (χ0) is 25.3. The first kappa shape index (κ1) is 35.4. The quantitative estimate of drug-likeness (QED) is 0.0810. The fourth-order valence-electron chi connectivity index (χ4n) is 5.25. The summed E-state index contributed by atoms with van der Waals surface area (Å²) in [6.45, 7) is 4.61. The minimum atomic E-state index is 1.37. The van der Waals surface area contributed by atoms with Crippen molar-refractivity contribution in [2.75, 3.05) is 11.5 Å². The van der Waals surface area contributed by atoms with E-state index in [1.54, 1.807) is 0 Å². The molecule has 0 N–H and O–H groups in total. The number of thioether (sulfide) groups is 1. The molecule has 35 heavy (non-hydrogen) atoms. The highest BCUT2D eigenvalue weighted by Gasteiger charge is 1.97. The molecular weight excluding hydrogens is 440 g/mol. The van der Waals surface area contributed by atoms with Gasteiger partial charge in [0.15, 0.2) is 0 Å². The zero-order valence-corrected chi connectivity index (χ0v) is 25.9. The van der Waals surface area contributed by atoms with E-state index in [4.69, 9.17) is 0 Å². The highest BCUT2D eigenvalue weighted by atomic mass is 32.2. The summed E-state index contributed by atoms with van der Waals surface area (Å²) in [7, 11) is 0. The summed E-state index contributed by atoms with van der Waals surface area (Å²) in [6, 6.07) is 0. The molecule has 0 unspecified atom stereocenters. The maximum absolute atomic E-state index is 2.31. The third-order valence-corrected chi connectivity index (χ3v) is 8.94. The van der Waals surface area contributed by atoms with Crippen molar-refractivity contribution in [1.82, 2.24) is 0 Å². The molecule has 212 valence electrons. The lowest BCUT2D eigenvalue weighted by Crippen LogP contribution is -1.86. The number of hydrogen-bond donors (Lipinski definition) is 0. The SMILES string of the molecule is CCCCCCCCCCCCCCCCCCCCCCCCCCCCSCCCCCC. The van der Waals surface area contributed by atoms with Crippen LogP contribution >= 0.6 is 11.8 Å². The van der Waals surface area contributed by atoms with Crippen LogP contribution in [0.3, 0.4) is 0 Å². The van der Waals surface area contributed by atoms with Crippen molar-refractivity contribution in [2.45, 2.75) is 206 Å². The molecule has 0 aromatic heterocycles. The number of unbranched alkanes of at least 4 members (excludes halogenated alkanes) is 28. The van der Waals surface area contributed by atoms with E-state index in [9.17, 15) is 0 Å². The van der Waals surface area contributed by atoms with Gasteiger partial charge in [-0.1, -0.05) is 194 Å². The monoisotopic (exact) mass is 511 g/mol. The van der Waals surface area contributed by atoms with Crippen molar-refractivity contribution in [3.05, 3.63) is 0 Å². The van der Waals surface area contributed by atoms with Crippen LogP contribution in [0.1, 0.15) is 206 Å². The predicted octanol–water partition coefficient (Wildman–Crippen LogP) is 13.5. The molecule has 1 heteroatoms. The normalized spacial score (nSPS) is 11.5. The van der Waals surface area contributed by atoms with Gasteiger partial charge in [-0.15, -0.1) is 0 Å². The lowest BCUT2D eigenvalue weighted by Gasteiger charge is -2.04. The Morgan fingerprint density at radius 2 is 0.400 bits per heavy atom. The Morgan fingerprint density at radius 1 is 0.229 bits per heavy atom. The standard InChI is InChI=1S/C34H70S/c1-3-5-7-9-10-11-12-13-14-15-16-17-18-19-20-21-22-23-24-25-26-27-28-29-30-32-34-35-33-31-8-6-4-2/h3-34H2,1-2H3. The van der Waals surface area contributed by atoms with E-state index in [2.05, 4.69) is 25.6 Å². The average Bonchev–Trinajstić information content (AvgIpc) is 2.87. The van der Waals surface area contributed by atoms with Crippen LogP contribution in [-0.2, 0) is 0 Å². The van der Waals surface area contributed by atoms with Crippen LogP contribution in [0.5, 0.6) is 0 Å². The Labute approximate surface area is 229 Å². The molecule has 0 radical (unpaired) electrons. The molecule has 0 atom stereocenters. The minimum Gasteiger partial charge on any atom is -0.162 e. The van der Waals surface area contributed by atoms with Crippen LogP contribution in [0, 0.1) is 0 Å². The van der Waals surface area contributed by atoms with E-state index in [0.29, 0.717) is 0 Å². The molecule has 0 fully saturated rings. The fraction of sp³-hybridized carbons (Fsp3) is 1.00. The van der Waals surface area contributed by atoms with E-state index in [1.165, 1.54) is 204 Å². The van der Waals surface area contributed by atoms with Crippen LogP contribution in [0.25, 0.3) is 0 Å². The zero-order valence-electron chi connectivity index (χ0n) is 25.0. The molecular formula is C34H70S. The smallest absolute Gasteiger partial charge is 0.00675 e. The van der Waals surface area contributed by atoms with E-state index < -0.39 is 0 Å². The summed E-state index contributed by atoms with van der Waals surface area (Å²) in [5.41, 5.74) is 0. The molecule has 0 aliphatic heterocycles. The van der Waals surface area contributed by atoms with Crippen LogP contribution < -0.4 is 0 Å². The highest BCUT2D eigenvalue weighted by molar-refractivity contribution is 7.99. The van der Waals surface area contributed by atoms with Gasteiger partial charge in [0.05, 0.1) is 0 Å². The first-order valence-electron chi connectivity index (χ1n) is 17.0. The molecule has 0 aromatic rings. The summed E-state index contributed by atoms with van der Waals surface area (Å²) >= 11 is 2.20. The Hall–Kier alpha value is 0.350. The van der Waals surface area contributed by atoms with Gasteiger partial charge in [-0.3, -0.25) is 0 Å². The minimum absolute atomic E-state index is 1.37. The van der Waals surface area contributed by atoms with Gasteiger partial charge in [0.1, 0.15) is 0 Å². The first-order chi connectivity index (χ1) is 17.4. The molecule has 0 amide bonds. The van der Waals surface area contributed by atoms with Crippen LogP contribution in [0.4, 0.5) is 0 Å². The van der Waals surface area contributed by atoms with E-state index in [1.807, 2.05) is 0 Å². The molecule has 0 saturated heterocycles. The second kappa shape index (κ2) is 34.4. The van der Waals surface area contributed by atoms with Gasteiger partial charge < -0.3 is 0 Å². The highest BCUT2D eigenvalue weighted by Crippen LogP contribution is 2.16. The summed E-state index contributed by atoms with van der Waals surface area (Å²) in [5.74, 6) is 2.81. The Morgan fingerprint density at radius 3 is 0.629 bits per heavy atom. The van der Waals surface area contributed by atoms with Gasteiger partial charge in [0.25, 0.3) is 0 Å². The van der Waals surface area contributed by atoms with Crippen molar-refractivity contribution in [3.8, 4) is 0 Å². The molecule has 0 heterocycles. The molecule has 0 aliphatic carbocycles. The summed E-state index contributed by atoms with van der Waals surface area (Å²) in [6.07, 6.45) is 44.2. The summed E-state index contributed by atoms with van der Waals surface area (Å²) in [5, 5.41) is 0. The van der Waals surface area contributed by atoms with Crippen molar-refractivity contribution in [1.29, 1.82) is 0 Å². The molecule has 0 aromatic carbocycles. The summed E-state index contributed by atoms with van der Waals surface area (Å²) < 4.78 is 0. The van der Waals surface area contributed by atoms with E-state index >= 15 is 0 Å². The topological polar surface area (TPSA) is 0 Å².